The maximum atomic E-state index is 13.8. The number of nitrogens with one attached hydrogen (secondary N) is 1. The summed E-state index contributed by atoms with van der Waals surface area (Å²) in [4.78, 5) is 40.5. The summed E-state index contributed by atoms with van der Waals surface area (Å²) in [7, 11) is 1.33. The smallest absolute Gasteiger partial charge is 0.336 e. The summed E-state index contributed by atoms with van der Waals surface area (Å²) in [5, 5.41) is 14.8. The predicted molar refractivity (Wildman–Crippen MR) is 146 cm³/mol. The number of esters is 2. The lowest BCUT2D eigenvalue weighted by Gasteiger charge is -2.39. The number of nitrogens with zero attached hydrogens (tertiary/aromatic N) is 2. The third kappa shape index (κ3) is 7.08. The minimum Gasteiger partial charge on any atom is -0.466 e. The van der Waals surface area contributed by atoms with E-state index in [4.69, 9.17) is 9.47 Å². The fourth-order valence-electron chi connectivity index (χ4n) is 7.09. The van der Waals surface area contributed by atoms with Crippen molar-refractivity contribution in [2.45, 2.75) is 96.6 Å². The number of hydrogen-bond donors (Lipinski definition) is 1. The molecule has 2 aliphatic carbocycles. The molecule has 1 N–H and O–H groups in total. The number of carbonyl (C=O) groups is 2. The number of ether oxygens (including phenoxy) is 2. The quantitative estimate of drug-likeness (QED) is 0.272. The average Bonchev–Trinajstić information content (AvgIpc) is 2.88. The molecule has 1 saturated heterocycles. The lowest BCUT2D eigenvalue weighted by Crippen LogP contribution is -2.44. The van der Waals surface area contributed by atoms with E-state index in [2.05, 4.69) is 10.2 Å². The molecule has 2 heterocycles. The van der Waals surface area contributed by atoms with Gasteiger partial charge in [0.05, 0.1) is 18.3 Å². The third-order valence-electron chi connectivity index (χ3n) is 8.86. The van der Waals surface area contributed by atoms with Gasteiger partial charge in [-0.2, -0.15) is 0 Å². The van der Waals surface area contributed by atoms with E-state index >= 15 is 0 Å². The highest BCUT2D eigenvalue weighted by Gasteiger charge is 2.45. The molecule has 0 aromatic carbocycles. The van der Waals surface area contributed by atoms with Gasteiger partial charge in [0.1, 0.15) is 6.10 Å². The Bertz CT molecular complexity index is 945. The van der Waals surface area contributed by atoms with E-state index in [0.29, 0.717) is 48.2 Å². The largest absolute Gasteiger partial charge is 0.466 e. The van der Waals surface area contributed by atoms with Gasteiger partial charge in [-0.05, 0) is 70.8 Å². The Morgan fingerprint density at radius 1 is 0.974 bits per heavy atom. The molecule has 0 aromatic heterocycles. The third-order valence-corrected chi connectivity index (χ3v) is 8.86. The molecule has 4 aliphatic rings. The molecule has 214 valence electrons. The van der Waals surface area contributed by atoms with Crippen LogP contribution in [0.15, 0.2) is 22.5 Å². The van der Waals surface area contributed by atoms with Crippen LogP contribution in [0.3, 0.4) is 0 Å². The van der Waals surface area contributed by atoms with E-state index in [9.17, 15) is 19.7 Å². The summed E-state index contributed by atoms with van der Waals surface area (Å²) in [5.74, 6) is -0.978. The van der Waals surface area contributed by atoms with Gasteiger partial charge >= 0.3 is 11.9 Å². The fourth-order valence-corrected chi connectivity index (χ4v) is 7.09. The molecule has 2 aliphatic heterocycles. The monoisotopic (exact) mass is 553 g/mol. The van der Waals surface area contributed by atoms with Crippen molar-refractivity contribution in [3.05, 3.63) is 32.7 Å². The molecule has 0 amide bonds. The molecule has 4 rings (SSSR count). The number of piperidine rings is 1. The molecule has 2 saturated carbocycles. The molecular weight excluding hydrogens is 510 g/mol. The zero-order valence-electron chi connectivity index (χ0n) is 23.0. The van der Waals surface area contributed by atoms with E-state index in [1.54, 1.807) is 6.92 Å². The Hall–Kier alpha value is -2.13. The number of carbonyl (C=O) groups excluding carboxylic acids is 2. The zero-order valence-corrected chi connectivity index (χ0v) is 23.9. The average molecular weight is 554 g/mol. The normalized spacial score (nSPS) is 29.2. The van der Waals surface area contributed by atoms with Crippen LogP contribution in [0.25, 0.3) is 0 Å². The Balaban J connectivity index is 0.00000400. The van der Waals surface area contributed by atoms with Crippen LogP contribution in [0.1, 0.15) is 84.5 Å². The van der Waals surface area contributed by atoms with Gasteiger partial charge in [0.25, 0.3) is 0 Å². The van der Waals surface area contributed by atoms with Crippen molar-refractivity contribution in [3.63, 3.8) is 0 Å². The van der Waals surface area contributed by atoms with Crippen molar-refractivity contribution >= 4 is 24.3 Å². The first-order chi connectivity index (χ1) is 17.8. The van der Waals surface area contributed by atoms with E-state index in [0.717, 1.165) is 38.4 Å². The molecular formula is C28H44ClN3O6. The summed E-state index contributed by atoms with van der Waals surface area (Å²) >= 11 is 0. The molecule has 4 unspecified atom stereocenters. The van der Waals surface area contributed by atoms with Crippen LogP contribution in [0.2, 0.25) is 0 Å². The Morgan fingerprint density at radius 2 is 1.66 bits per heavy atom. The maximum absolute atomic E-state index is 13.8. The number of methoxy groups -OCH3 is 1. The van der Waals surface area contributed by atoms with Crippen molar-refractivity contribution in [1.29, 1.82) is 0 Å². The number of halogens is 1. The number of rotatable bonds is 7. The van der Waals surface area contributed by atoms with E-state index in [1.165, 1.54) is 39.2 Å². The van der Waals surface area contributed by atoms with E-state index < -0.39 is 23.9 Å². The SMILES string of the molecule is COC(=O)C1=C(C)NC(C)=C(C(=O)OC2CCCN(CC3CCCCC3)C2)C1C1CCCC([N+](=O)[O-])C1.Cl. The first kappa shape index (κ1) is 30.4. The zero-order chi connectivity index (χ0) is 26.5. The van der Waals surface area contributed by atoms with Gasteiger partial charge < -0.3 is 14.8 Å². The van der Waals surface area contributed by atoms with Crippen LogP contribution in [0.4, 0.5) is 0 Å². The van der Waals surface area contributed by atoms with Crippen molar-refractivity contribution in [2.75, 3.05) is 26.7 Å². The lowest BCUT2D eigenvalue weighted by molar-refractivity contribution is -0.528. The second-order valence-electron chi connectivity index (χ2n) is 11.5. The van der Waals surface area contributed by atoms with Crippen LogP contribution >= 0.6 is 12.4 Å². The topological polar surface area (TPSA) is 111 Å². The first-order valence-corrected chi connectivity index (χ1v) is 14.1. The van der Waals surface area contributed by atoms with Crippen LogP contribution in [-0.4, -0.2) is 60.7 Å². The number of allylic oxidation sites excluding steroid dienone is 2. The Kier molecular flexibility index (Phi) is 11.0. The van der Waals surface area contributed by atoms with Crippen LogP contribution < -0.4 is 5.32 Å². The summed E-state index contributed by atoms with van der Waals surface area (Å²) < 4.78 is 11.2. The van der Waals surface area contributed by atoms with Gasteiger partial charge in [-0.15, -0.1) is 12.4 Å². The van der Waals surface area contributed by atoms with Crippen LogP contribution in [0, 0.1) is 27.9 Å². The van der Waals surface area contributed by atoms with Crippen molar-refractivity contribution in [2.24, 2.45) is 17.8 Å². The number of hydrogen-bond acceptors (Lipinski definition) is 8. The molecule has 0 aromatic rings. The Labute approximate surface area is 232 Å². The van der Waals surface area contributed by atoms with Gasteiger partial charge in [0, 0.05) is 48.2 Å². The molecule has 0 spiro atoms. The highest BCUT2D eigenvalue weighted by molar-refractivity contribution is 5.98. The minimum absolute atomic E-state index is 0. The predicted octanol–water partition coefficient (Wildman–Crippen LogP) is 4.77. The van der Waals surface area contributed by atoms with E-state index in [-0.39, 0.29) is 29.4 Å². The summed E-state index contributed by atoms with van der Waals surface area (Å²) in [6.45, 7) is 6.46. The number of nitro groups is 1. The lowest BCUT2D eigenvalue weighted by atomic mass is 9.70. The van der Waals surface area contributed by atoms with Crippen LogP contribution in [-0.2, 0) is 19.1 Å². The minimum atomic E-state index is -0.669. The van der Waals surface area contributed by atoms with Crippen molar-refractivity contribution < 1.29 is 24.0 Å². The standard InChI is InChI=1S/C28H43N3O6.ClH/c1-18-24(27(32)36-3)26(21-11-7-12-22(15-21)31(34)35)25(19(2)29-18)28(33)37-23-13-8-14-30(17-23)16-20-9-5-4-6-10-20;/h20-23,26,29H,4-17H2,1-3H3;1H. The van der Waals surface area contributed by atoms with Gasteiger partial charge in [-0.25, -0.2) is 9.59 Å². The number of likely N-dealkylation sites (tertiary alicyclic amines) is 1. The van der Waals surface area contributed by atoms with Crippen molar-refractivity contribution in [1.82, 2.24) is 10.2 Å². The van der Waals surface area contributed by atoms with E-state index in [1.807, 2.05) is 6.92 Å². The maximum Gasteiger partial charge on any atom is 0.336 e. The van der Waals surface area contributed by atoms with Crippen molar-refractivity contribution in [3.8, 4) is 0 Å². The number of dihydropyridines is 1. The van der Waals surface area contributed by atoms with Gasteiger partial charge in [-0.3, -0.25) is 15.0 Å². The molecule has 38 heavy (non-hydrogen) atoms. The van der Waals surface area contributed by atoms with Gasteiger partial charge in [0.2, 0.25) is 6.04 Å². The molecule has 9 nitrogen and oxygen atoms in total. The highest BCUT2D eigenvalue weighted by atomic mass is 35.5. The molecule has 10 heteroatoms. The summed E-state index contributed by atoms with van der Waals surface area (Å²) in [6.07, 6.45) is 10.4. The van der Waals surface area contributed by atoms with Gasteiger partial charge in [0.15, 0.2) is 0 Å². The Morgan fingerprint density at radius 3 is 2.32 bits per heavy atom. The molecule has 4 atom stereocenters. The fraction of sp³-hybridized carbons (Fsp3) is 0.786. The second-order valence-corrected chi connectivity index (χ2v) is 11.5. The molecule has 3 fully saturated rings. The molecule has 0 bridgehead atoms. The summed E-state index contributed by atoms with van der Waals surface area (Å²) in [6, 6.07) is -0.669. The first-order valence-electron chi connectivity index (χ1n) is 14.1. The second kappa shape index (κ2) is 13.8. The van der Waals surface area contributed by atoms with Crippen LogP contribution in [0.5, 0.6) is 0 Å². The van der Waals surface area contributed by atoms with Gasteiger partial charge in [-0.1, -0.05) is 19.3 Å². The summed E-state index contributed by atoms with van der Waals surface area (Å²) in [5.41, 5.74) is 2.09. The molecule has 0 radical (unpaired) electrons. The highest BCUT2D eigenvalue weighted by Crippen LogP contribution is 2.43.